The number of nitrogens with zero attached hydrogens (tertiary/aromatic N) is 3. The summed E-state index contributed by atoms with van der Waals surface area (Å²) in [6, 6.07) is 13.2. The van der Waals surface area contributed by atoms with Gasteiger partial charge in [-0.3, -0.25) is 4.79 Å². The topological polar surface area (TPSA) is 75.0 Å². The van der Waals surface area contributed by atoms with Crippen molar-refractivity contribution in [3.63, 3.8) is 0 Å². The van der Waals surface area contributed by atoms with Crippen LogP contribution in [0.2, 0.25) is 0 Å². The second-order valence-corrected chi connectivity index (χ2v) is 8.48. The molecule has 0 aliphatic rings. The molecule has 2 aromatic heterocycles. The largest absolute Gasteiger partial charge is 0.494 e. The Balaban J connectivity index is 1.56. The van der Waals surface area contributed by atoms with Crippen molar-refractivity contribution in [2.45, 2.75) is 33.1 Å². The van der Waals surface area contributed by atoms with Crippen LogP contribution in [-0.4, -0.2) is 34.9 Å². The quantitative estimate of drug-likeness (QED) is 0.324. The van der Waals surface area contributed by atoms with Gasteiger partial charge in [0.2, 0.25) is 4.96 Å². The van der Waals surface area contributed by atoms with Gasteiger partial charge in [-0.05, 0) is 61.4 Å². The monoisotopic (exact) mass is 465 g/mol. The van der Waals surface area contributed by atoms with Crippen LogP contribution in [0.5, 0.6) is 17.2 Å². The number of hydrogen-bond acceptors (Lipinski definition) is 7. The average molecular weight is 466 g/mol. The summed E-state index contributed by atoms with van der Waals surface area (Å²) in [6.45, 7) is 5.35. The summed E-state index contributed by atoms with van der Waals surface area (Å²) in [5.74, 6) is 2.63. The van der Waals surface area contributed by atoms with Crippen molar-refractivity contribution in [2.24, 2.45) is 0 Å². The Labute approximate surface area is 196 Å². The van der Waals surface area contributed by atoms with Crippen molar-refractivity contribution in [3.8, 4) is 28.6 Å². The molecule has 0 saturated carbocycles. The third-order valence-corrected chi connectivity index (χ3v) is 6.06. The van der Waals surface area contributed by atoms with Crippen LogP contribution < -0.4 is 24.3 Å². The highest BCUT2D eigenvalue weighted by Gasteiger charge is 2.13. The first-order valence-electron chi connectivity index (χ1n) is 11.1. The lowest BCUT2D eigenvalue weighted by Crippen LogP contribution is -2.23. The molecule has 0 bridgehead atoms. The number of hydrogen-bond donors (Lipinski definition) is 0. The van der Waals surface area contributed by atoms with E-state index >= 15 is 0 Å². The fraction of sp³-hybridized carbons (Fsp3) is 0.320. The number of fused-ring (bicyclic) bond motifs is 1. The number of aromatic nitrogens is 3. The summed E-state index contributed by atoms with van der Waals surface area (Å²) in [4.78, 5) is 18.0. The Morgan fingerprint density at radius 1 is 1.03 bits per heavy atom. The molecule has 0 N–H and O–H groups in total. The molecule has 0 atom stereocenters. The fourth-order valence-corrected chi connectivity index (χ4v) is 4.31. The molecule has 0 spiro atoms. The van der Waals surface area contributed by atoms with Gasteiger partial charge in [-0.25, -0.2) is 0 Å². The number of ether oxygens (including phenoxy) is 3. The molecular formula is C25H27N3O4S. The van der Waals surface area contributed by atoms with Crippen molar-refractivity contribution in [2.75, 3.05) is 20.3 Å². The summed E-state index contributed by atoms with van der Waals surface area (Å²) in [7, 11) is 1.59. The lowest BCUT2D eigenvalue weighted by molar-refractivity contribution is 0.306. The van der Waals surface area contributed by atoms with Crippen LogP contribution in [0.4, 0.5) is 0 Å². The van der Waals surface area contributed by atoms with Crippen LogP contribution in [0.3, 0.4) is 0 Å². The van der Waals surface area contributed by atoms with Crippen LogP contribution in [0, 0.1) is 0 Å². The molecule has 0 saturated heterocycles. The smallest absolute Gasteiger partial charge is 0.291 e. The van der Waals surface area contributed by atoms with Gasteiger partial charge in [-0.15, -0.1) is 5.10 Å². The molecule has 0 amide bonds. The molecule has 8 heteroatoms. The van der Waals surface area contributed by atoms with Gasteiger partial charge in [-0.1, -0.05) is 37.2 Å². The van der Waals surface area contributed by atoms with Crippen LogP contribution in [0.1, 0.15) is 38.7 Å². The zero-order chi connectivity index (χ0) is 23.2. The van der Waals surface area contributed by atoms with E-state index in [1.165, 1.54) is 22.3 Å². The lowest BCUT2D eigenvalue weighted by Gasteiger charge is -2.09. The number of thiazole rings is 1. The van der Waals surface area contributed by atoms with Gasteiger partial charge >= 0.3 is 0 Å². The normalized spacial score (nSPS) is 11.8. The molecule has 0 fully saturated rings. The van der Waals surface area contributed by atoms with E-state index in [9.17, 15) is 4.79 Å². The van der Waals surface area contributed by atoms with Gasteiger partial charge in [0.05, 0.1) is 24.9 Å². The van der Waals surface area contributed by atoms with Gasteiger partial charge in [-0.2, -0.15) is 9.50 Å². The molecule has 4 rings (SSSR count). The lowest BCUT2D eigenvalue weighted by atomic mass is 10.2. The Morgan fingerprint density at radius 2 is 1.85 bits per heavy atom. The van der Waals surface area contributed by atoms with Crippen LogP contribution in [0.25, 0.3) is 22.4 Å². The fourth-order valence-electron chi connectivity index (χ4n) is 3.40. The third-order valence-electron chi connectivity index (χ3n) is 5.10. The Morgan fingerprint density at radius 3 is 2.55 bits per heavy atom. The highest BCUT2D eigenvalue weighted by Crippen LogP contribution is 2.28. The van der Waals surface area contributed by atoms with E-state index < -0.39 is 0 Å². The maximum atomic E-state index is 12.9. The minimum Gasteiger partial charge on any atom is -0.494 e. The van der Waals surface area contributed by atoms with Gasteiger partial charge in [0, 0.05) is 5.56 Å². The minimum atomic E-state index is -0.197. The highest BCUT2D eigenvalue weighted by molar-refractivity contribution is 7.15. The zero-order valence-electron chi connectivity index (χ0n) is 19.0. The predicted octanol–water partition coefficient (Wildman–Crippen LogP) is 4.34. The number of unbranched alkanes of at least 4 members (excludes halogenated alkanes) is 2. The first-order chi connectivity index (χ1) is 16.1. The molecule has 0 aliphatic carbocycles. The second kappa shape index (κ2) is 10.5. The first-order valence-corrected chi connectivity index (χ1v) is 11.9. The van der Waals surface area contributed by atoms with Crippen molar-refractivity contribution in [1.29, 1.82) is 0 Å². The van der Waals surface area contributed by atoms with Crippen LogP contribution in [0.15, 0.2) is 47.3 Å². The van der Waals surface area contributed by atoms with Gasteiger partial charge in [0.15, 0.2) is 17.3 Å². The Bertz CT molecular complexity index is 1330. The molecule has 7 nitrogen and oxygen atoms in total. The van der Waals surface area contributed by atoms with E-state index in [1.54, 1.807) is 7.11 Å². The van der Waals surface area contributed by atoms with Crippen LogP contribution in [-0.2, 0) is 0 Å². The maximum absolute atomic E-state index is 12.9. The van der Waals surface area contributed by atoms with E-state index in [0.717, 1.165) is 29.7 Å². The molecule has 172 valence electrons. The van der Waals surface area contributed by atoms with Crippen molar-refractivity contribution in [1.82, 2.24) is 14.6 Å². The second-order valence-electron chi connectivity index (χ2n) is 7.47. The average Bonchev–Trinajstić information content (AvgIpc) is 3.37. The van der Waals surface area contributed by atoms with Crippen molar-refractivity contribution < 1.29 is 14.2 Å². The molecule has 2 heterocycles. The first kappa shape index (κ1) is 22.8. The summed E-state index contributed by atoms with van der Waals surface area (Å²) in [5.41, 5.74) is 1.48. The van der Waals surface area contributed by atoms with Crippen LogP contribution >= 0.6 is 11.3 Å². The summed E-state index contributed by atoms with van der Waals surface area (Å²) < 4.78 is 18.6. The molecule has 0 aliphatic heterocycles. The number of methoxy groups -OCH3 is 1. The zero-order valence-corrected chi connectivity index (χ0v) is 19.9. The number of rotatable bonds is 10. The summed E-state index contributed by atoms with van der Waals surface area (Å²) in [6.07, 6.45) is 5.19. The van der Waals surface area contributed by atoms with E-state index in [-0.39, 0.29) is 5.56 Å². The van der Waals surface area contributed by atoms with E-state index in [1.807, 2.05) is 55.5 Å². The van der Waals surface area contributed by atoms with E-state index in [0.29, 0.717) is 40.0 Å². The highest BCUT2D eigenvalue weighted by atomic mass is 32.1. The van der Waals surface area contributed by atoms with Crippen molar-refractivity contribution >= 4 is 22.4 Å². The van der Waals surface area contributed by atoms with E-state index in [2.05, 4.69) is 17.0 Å². The Kier molecular flexibility index (Phi) is 7.24. The third kappa shape index (κ3) is 5.17. The minimum absolute atomic E-state index is 0.197. The molecule has 0 unspecified atom stereocenters. The summed E-state index contributed by atoms with van der Waals surface area (Å²) in [5, 5.41) is 4.43. The molecule has 0 radical (unpaired) electrons. The standard InChI is InChI=1S/C25H27N3O4S/c1-4-6-7-14-32-19-11-9-18(10-12-19)23-26-25-28(27-23)24(29)22(33-25)16-17-8-13-20(31-5-2)21(15-17)30-3/h8-13,15-16H,4-7,14H2,1-3H3/b22-16+. The van der Waals surface area contributed by atoms with Gasteiger partial charge in [0.25, 0.3) is 5.56 Å². The molecule has 33 heavy (non-hydrogen) atoms. The molecular weight excluding hydrogens is 438 g/mol. The summed E-state index contributed by atoms with van der Waals surface area (Å²) >= 11 is 1.31. The Hall–Kier alpha value is -3.39. The van der Waals surface area contributed by atoms with Gasteiger partial charge in [0.1, 0.15) is 5.75 Å². The molecule has 2 aromatic carbocycles. The number of benzene rings is 2. The predicted molar refractivity (Wildman–Crippen MR) is 131 cm³/mol. The van der Waals surface area contributed by atoms with Crippen molar-refractivity contribution in [3.05, 3.63) is 62.9 Å². The molecule has 4 aromatic rings. The maximum Gasteiger partial charge on any atom is 0.291 e. The van der Waals surface area contributed by atoms with Gasteiger partial charge < -0.3 is 14.2 Å². The van der Waals surface area contributed by atoms with E-state index in [4.69, 9.17) is 14.2 Å². The SMILES string of the molecule is CCCCCOc1ccc(-c2nc3s/c(=C/c4ccc(OCC)c(OC)c4)c(=O)n3n2)cc1.